The molecule has 1 heterocycles. The number of nitrogens with zero attached hydrogens (tertiary/aromatic N) is 2. The predicted octanol–water partition coefficient (Wildman–Crippen LogP) is 10.8. The molecule has 7 aromatic rings. The van der Waals surface area contributed by atoms with Gasteiger partial charge in [-0.05, 0) is 23.3 Å². The zero-order valence-corrected chi connectivity index (χ0v) is 37.1. The number of hydrogen-bond donors (Lipinski definition) is 0. The normalized spacial score (nSPS) is 15.3. The third kappa shape index (κ3) is 8.81. The van der Waals surface area contributed by atoms with Gasteiger partial charge in [-0.3, -0.25) is 14.4 Å². The topological polar surface area (TPSA) is 85.4 Å². The standard InChI is InChI=1S/C55H46Cl2N2O6/c1-39(37-56)49(53(62)65-55(45-29-15-6-16-30-45,46-31-17-7-18-32-46)47-33-19-8-20-34-47)58-51(57)50(52(58)61)59(40(2)60)63-38-41-22-21-35-48(36-41)64-54(42-23-9-3-10-24-42,43-25-11-4-12-26-43)44-27-13-5-14-28-44/h3-36,49-51H,1,37-38H2,2H3. The van der Waals surface area contributed by atoms with Crippen molar-refractivity contribution in [2.75, 3.05) is 5.88 Å². The summed E-state index contributed by atoms with van der Waals surface area (Å²) in [4.78, 5) is 49.7. The van der Waals surface area contributed by atoms with E-state index in [1.54, 1.807) is 0 Å². The summed E-state index contributed by atoms with van der Waals surface area (Å²) in [5, 5.41) is 0.959. The highest BCUT2D eigenvalue weighted by atomic mass is 35.5. The van der Waals surface area contributed by atoms with Crippen LogP contribution in [0, 0.1) is 0 Å². The van der Waals surface area contributed by atoms with Crippen molar-refractivity contribution in [1.29, 1.82) is 0 Å². The Kier molecular flexibility index (Phi) is 13.6. The number of ether oxygens (including phenoxy) is 2. The first-order chi connectivity index (χ1) is 31.7. The lowest BCUT2D eigenvalue weighted by Crippen LogP contribution is -2.73. The lowest BCUT2D eigenvalue weighted by atomic mass is 9.80. The summed E-state index contributed by atoms with van der Waals surface area (Å²) < 4.78 is 13.8. The summed E-state index contributed by atoms with van der Waals surface area (Å²) in [5.74, 6) is -1.67. The highest BCUT2D eigenvalue weighted by Gasteiger charge is 2.57. The smallest absolute Gasteiger partial charge is 0.334 e. The van der Waals surface area contributed by atoms with Gasteiger partial charge in [0, 0.05) is 46.2 Å². The van der Waals surface area contributed by atoms with Gasteiger partial charge in [0.05, 0.1) is 0 Å². The molecule has 7 aromatic carbocycles. The first-order valence-corrected chi connectivity index (χ1v) is 22.1. The predicted molar refractivity (Wildman–Crippen MR) is 253 cm³/mol. The summed E-state index contributed by atoms with van der Waals surface area (Å²) in [6.45, 7) is 5.24. The van der Waals surface area contributed by atoms with Gasteiger partial charge in [-0.2, -0.15) is 0 Å². The zero-order valence-electron chi connectivity index (χ0n) is 35.6. The van der Waals surface area contributed by atoms with Gasteiger partial charge in [-0.15, -0.1) is 11.6 Å². The molecule has 8 rings (SSSR count). The van der Waals surface area contributed by atoms with E-state index in [0.717, 1.165) is 26.7 Å². The van der Waals surface area contributed by atoms with Crippen LogP contribution in [0.4, 0.5) is 0 Å². The van der Waals surface area contributed by atoms with Crippen molar-refractivity contribution in [3.8, 4) is 5.75 Å². The molecule has 65 heavy (non-hydrogen) atoms. The molecule has 1 aliphatic rings. The van der Waals surface area contributed by atoms with Crippen molar-refractivity contribution in [1.82, 2.24) is 9.96 Å². The molecule has 3 atom stereocenters. The molecule has 0 aromatic heterocycles. The molecule has 1 saturated heterocycles. The second-order valence-electron chi connectivity index (χ2n) is 15.6. The van der Waals surface area contributed by atoms with E-state index >= 15 is 0 Å². The average Bonchev–Trinajstić information content (AvgIpc) is 3.36. The number of rotatable bonds is 17. The van der Waals surface area contributed by atoms with E-state index in [4.69, 9.17) is 37.5 Å². The number of esters is 1. The molecule has 0 N–H and O–H groups in total. The van der Waals surface area contributed by atoms with Gasteiger partial charge in [0.25, 0.3) is 5.91 Å². The van der Waals surface area contributed by atoms with Gasteiger partial charge >= 0.3 is 5.97 Å². The van der Waals surface area contributed by atoms with Crippen LogP contribution in [0.5, 0.6) is 5.75 Å². The van der Waals surface area contributed by atoms with E-state index in [9.17, 15) is 14.4 Å². The molecular formula is C55H46Cl2N2O6. The Morgan fingerprint density at radius 1 is 0.631 bits per heavy atom. The summed E-state index contributed by atoms with van der Waals surface area (Å²) in [7, 11) is 0. The molecule has 0 radical (unpaired) electrons. The number of likely N-dealkylation sites (tertiary alicyclic amines) is 1. The fourth-order valence-corrected chi connectivity index (χ4v) is 9.04. The summed E-state index contributed by atoms with van der Waals surface area (Å²) in [6, 6.07) is 62.8. The number of halogens is 2. The average molecular weight is 902 g/mol. The minimum Gasteiger partial charge on any atom is -0.473 e. The van der Waals surface area contributed by atoms with E-state index in [2.05, 4.69) is 6.58 Å². The number of carbonyl (C=O) groups is 3. The van der Waals surface area contributed by atoms with E-state index in [0.29, 0.717) is 28.0 Å². The van der Waals surface area contributed by atoms with Crippen LogP contribution in [-0.4, -0.2) is 51.2 Å². The molecule has 1 fully saturated rings. The summed E-state index contributed by atoms with van der Waals surface area (Å²) in [5.41, 5.74) is 1.93. The Hall–Kier alpha value is -6.97. The Morgan fingerprint density at radius 3 is 1.40 bits per heavy atom. The van der Waals surface area contributed by atoms with Crippen LogP contribution in [0.25, 0.3) is 0 Å². The fourth-order valence-electron chi connectivity index (χ4n) is 8.48. The molecule has 1 aliphatic heterocycles. The van der Waals surface area contributed by atoms with Crippen LogP contribution in [0.3, 0.4) is 0 Å². The number of amides is 2. The van der Waals surface area contributed by atoms with E-state index in [-0.39, 0.29) is 18.1 Å². The molecule has 10 heteroatoms. The van der Waals surface area contributed by atoms with E-state index in [1.165, 1.54) is 6.92 Å². The monoisotopic (exact) mass is 900 g/mol. The fraction of sp³-hybridized carbons (Fsp3) is 0.145. The highest BCUT2D eigenvalue weighted by Crippen LogP contribution is 2.44. The largest absolute Gasteiger partial charge is 0.473 e. The van der Waals surface area contributed by atoms with E-state index < -0.39 is 46.6 Å². The van der Waals surface area contributed by atoms with E-state index in [1.807, 2.05) is 206 Å². The van der Waals surface area contributed by atoms with Crippen molar-refractivity contribution in [3.05, 3.63) is 257 Å². The SMILES string of the molecule is C=C(CCl)C(C(=O)OC(c1ccccc1)(c1ccccc1)c1ccccc1)N1C(=O)C(N(OCc2cccc(OC(c3ccccc3)(c3ccccc3)c3ccccc3)c2)C(C)=O)C1Cl. The Balaban J connectivity index is 1.06. The van der Waals surface area contributed by atoms with Gasteiger partial charge in [-0.1, -0.05) is 212 Å². The maximum absolute atomic E-state index is 14.8. The maximum Gasteiger partial charge on any atom is 0.334 e. The third-order valence-electron chi connectivity index (χ3n) is 11.5. The van der Waals surface area contributed by atoms with Crippen LogP contribution in [-0.2, 0) is 41.8 Å². The van der Waals surface area contributed by atoms with Gasteiger partial charge in [0.15, 0.2) is 23.3 Å². The lowest BCUT2D eigenvalue weighted by Gasteiger charge is -2.50. The van der Waals surface area contributed by atoms with Crippen molar-refractivity contribution in [3.63, 3.8) is 0 Å². The highest BCUT2D eigenvalue weighted by molar-refractivity contribution is 6.27. The van der Waals surface area contributed by atoms with Crippen LogP contribution < -0.4 is 4.74 Å². The van der Waals surface area contributed by atoms with Gasteiger partial charge in [-0.25, -0.2) is 9.86 Å². The first kappa shape index (κ1) is 44.6. The van der Waals surface area contributed by atoms with Crippen LogP contribution in [0.2, 0.25) is 0 Å². The number of hydrogen-bond acceptors (Lipinski definition) is 6. The molecule has 0 aliphatic carbocycles. The van der Waals surface area contributed by atoms with Gasteiger partial charge in [0.2, 0.25) is 5.91 Å². The quantitative estimate of drug-likeness (QED) is 0.0172. The number of benzene rings is 7. The number of carbonyl (C=O) groups excluding carboxylic acids is 3. The van der Waals surface area contributed by atoms with Crippen LogP contribution in [0.1, 0.15) is 45.9 Å². The Labute approximate surface area is 389 Å². The van der Waals surface area contributed by atoms with Crippen molar-refractivity contribution in [2.45, 2.75) is 42.3 Å². The second kappa shape index (κ2) is 19.8. The van der Waals surface area contributed by atoms with Gasteiger partial charge < -0.3 is 14.4 Å². The molecule has 0 bridgehead atoms. The molecule has 2 amide bonds. The minimum atomic E-state index is -1.45. The summed E-state index contributed by atoms with van der Waals surface area (Å²) >= 11 is 13.4. The lowest BCUT2D eigenvalue weighted by molar-refractivity contribution is -0.226. The molecule has 8 nitrogen and oxygen atoms in total. The number of β-lactam (4-membered cyclic amide) rings is 1. The van der Waals surface area contributed by atoms with Crippen molar-refractivity contribution < 1.29 is 28.7 Å². The van der Waals surface area contributed by atoms with Crippen molar-refractivity contribution in [2.24, 2.45) is 0 Å². The summed E-state index contributed by atoms with van der Waals surface area (Å²) in [6.07, 6.45) is 0. The molecule has 326 valence electrons. The Bertz CT molecular complexity index is 2530. The van der Waals surface area contributed by atoms with Crippen LogP contribution in [0.15, 0.2) is 218 Å². The third-order valence-corrected chi connectivity index (χ3v) is 12.3. The molecule has 0 saturated carbocycles. The minimum absolute atomic E-state index is 0.118. The number of alkyl halides is 2. The van der Waals surface area contributed by atoms with Gasteiger partial charge in [0.1, 0.15) is 17.9 Å². The second-order valence-corrected chi connectivity index (χ2v) is 16.3. The maximum atomic E-state index is 14.8. The first-order valence-electron chi connectivity index (χ1n) is 21.2. The van der Waals surface area contributed by atoms with Crippen LogP contribution >= 0.6 is 23.2 Å². The number of hydroxylamine groups is 2. The molecule has 0 spiro atoms. The zero-order chi connectivity index (χ0) is 45.4. The van der Waals surface area contributed by atoms with Crippen molar-refractivity contribution >= 4 is 41.0 Å². The molecule has 3 unspecified atom stereocenters. The molecular weight excluding hydrogens is 856 g/mol. The Morgan fingerprint density at radius 2 is 1.03 bits per heavy atom.